The van der Waals surface area contributed by atoms with Crippen molar-refractivity contribution in [3.63, 3.8) is 0 Å². The Morgan fingerprint density at radius 2 is 1.95 bits per heavy atom. The molecule has 100 valence electrons. The minimum atomic E-state index is -0.297. The third-order valence-electron chi connectivity index (χ3n) is 3.68. The quantitative estimate of drug-likeness (QED) is 0.592. The first-order valence-electron chi connectivity index (χ1n) is 6.41. The lowest BCUT2D eigenvalue weighted by Gasteiger charge is -2.17. The Kier molecular flexibility index (Phi) is 3.58. The number of carbonyl (C=O) groups is 2. The number of carbonyl (C=O) groups excluding carboxylic acids is 2. The van der Waals surface area contributed by atoms with Gasteiger partial charge in [-0.05, 0) is 59.7 Å². The Bertz CT molecular complexity index is 508. The molecular weight excluding hydrogens is 357 g/mol. The summed E-state index contributed by atoms with van der Waals surface area (Å²) in [6, 6.07) is 7.43. The van der Waals surface area contributed by atoms with Crippen LogP contribution in [0.1, 0.15) is 19.3 Å². The summed E-state index contributed by atoms with van der Waals surface area (Å²) in [5.74, 6) is -0.529. The Hall–Kier alpha value is -0.950. The van der Waals surface area contributed by atoms with Crippen molar-refractivity contribution in [1.29, 1.82) is 0 Å². The molecule has 0 aliphatic carbocycles. The van der Waals surface area contributed by atoms with Crippen molar-refractivity contribution in [2.45, 2.75) is 25.4 Å². The fraction of sp³-hybridized carbons (Fsp3) is 0.429. The van der Waals surface area contributed by atoms with E-state index < -0.39 is 0 Å². The second-order valence-electron chi connectivity index (χ2n) is 4.91. The molecule has 2 aliphatic heterocycles. The molecule has 0 spiro atoms. The molecule has 0 aromatic heterocycles. The number of anilines is 1. The second kappa shape index (κ2) is 5.20. The number of imide groups is 1. The average molecular weight is 371 g/mol. The zero-order valence-electron chi connectivity index (χ0n) is 10.3. The van der Waals surface area contributed by atoms with Crippen molar-refractivity contribution in [1.82, 2.24) is 0 Å². The van der Waals surface area contributed by atoms with Crippen LogP contribution in [-0.4, -0.2) is 24.5 Å². The number of benzene rings is 1. The minimum Gasteiger partial charge on any atom is -0.377 e. The van der Waals surface area contributed by atoms with E-state index in [1.807, 2.05) is 24.3 Å². The van der Waals surface area contributed by atoms with Gasteiger partial charge >= 0.3 is 0 Å². The zero-order valence-corrected chi connectivity index (χ0v) is 12.5. The molecule has 2 aliphatic rings. The Morgan fingerprint density at radius 1 is 1.21 bits per heavy atom. The van der Waals surface area contributed by atoms with Gasteiger partial charge in [0.25, 0.3) is 0 Å². The molecule has 0 unspecified atom stereocenters. The second-order valence-corrected chi connectivity index (χ2v) is 6.15. The van der Waals surface area contributed by atoms with Crippen molar-refractivity contribution >= 4 is 40.1 Å². The van der Waals surface area contributed by atoms with Crippen LogP contribution in [-0.2, 0) is 14.3 Å². The first kappa shape index (κ1) is 13.1. The third-order valence-corrected chi connectivity index (χ3v) is 4.40. The first-order chi connectivity index (χ1) is 9.16. The normalized spacial score (nSPS) is 27.3. The van der Waals surface area contributed by atoms with Gasteiger partial charge in [-0.15, -0.1) is 0 Å². The molecule has 2 heterocycles. The van der Waals surface area contributed by atoms with E-state index in [9.17, 15) is 9.59 Å². The van der Waals surface area contributed by atoms with E-state index in [0.29, 0.717) is 12.3 Å². The molecule has 1 aromatic carbocycles. The highest BCUT2D eigenvalue weighted by Gasteiger charge is 2.44. The van der Waals surface area contributed by atoms with E-state index in [4.69, 9.17) is 4.74 Å². The molecule has 5 heteroatoms. The molecule has 3 rings (SSSR count). The number of hydrogen-bond acceptors (Lipinski definition) is 3. The molecule has 19 heavy (non-hydrogen) atoms. The van der Waals surface area contributed by atoms with Crippen molar-refractivity contribution < 1.29 is 14.3 Å². The first-order valence-corrected chi connectivity index (χ1v) is 7.48. The van der Waals surface area contributed by atoms with Gasteiger partial charge in [-0.3, -0.25) is 14.5 Å². The third kappa shape index (κ3) is 2.41. The van der Waals surface area contributed by atoms with Gasteiger partial charge in [0.2, 0.25) is 11.8 Å². The standard InChI is InChI=1S/C14H14INO3/c15-9-3-5-10(6-4-9)16-13(17)8-11(14(16)18)12-2-1-7-19-12/h3-6,11-12H,1-2,7-8H2/t11-,12-/m1/s1. The van der Waals surface area contributed by atoms with E-state index in [1.54, 1.807) is 0 Å². The summed E-state index contributed by atoms with van der Waals surface area (Å²) >= 11 is 2.20. The van der Waals surface area contributed by atoms with Crippen LogP contribution in [0.2, 0.25) is 0 Å². The monoisotopic (exact) mass is 371 g/mol. The molecule has 0 saturated carbocycles. The molecule has 2 saturated heterocycles. The van der Waals surface area contributed by atoms with Crippen LogP contribution in [0, 0.1) is 9.49 Å². The molecular formula is C14H14INO3. The Labute approximate surface area is 125 Å². The van der Waals surface area contributed by atoms with Crippen LogP contribution in [0.25, 0.3) is 0 Å². The summed E-state index contributed by atoms with van der Waals surface area (Å²) in [5, 5.41) is 0. The van der Waals surface area contributed by atoms with Crippen LogP contribution in [0.4, 0.5) is 5.69 Å². The van der Waals surface area contributed by atoms with E-state index in [2.05, 4.69) is 22.6 Å². The van der Waals surface area contributed by atoms with Crippen molar-refractivity contribution in [2.24, 2.45) is 5.92 Å². The van der Waals surface area contributed by atoms with Gasteiger partial charge in [0.1, 0.15) is 0 Å². The largest absolute Gasteiger partial charge is 0.377 e. The summed E-state index contributed by atoms with van der Waals surface area (Å²) < 4.78 is 6.64. The van der Waals surface area contributed by atoms with Gasteiger partial charge in [0, 0.05) is 16.6 Å². The molecule has 2 atom stereocenters. The minimum absolute atomic E-state index is 0.0784. The van der Waals surface area contributed by atoms with Crippen molar-refractivity contribution in [2.75, 3.05) is 11.5 Å². The summed E-state index contributed by atoms with van der Waals surface area (Å²) in [5.41, 5.74) is 0.663. The van der Waals surface area contributed by atoms with E-state index in [0.717, 1.165) is 16.4 Å². The van der Waals surface area contributed by atoms with Crippen LogP contribution < -0.4 is 4.90 Å². The summed E-state index contributed by atoms with van der Waals surface area (Å²) in [6.45, 7) is 0.701. The highest BCUT2D eigenvalue weighted by molar-refractivity contribution is 14.1. The number of hydrogen-bond donors (Lipinski definition) is 0. The maximum absolute atomic E-state index is 12.4. The number of ether oxygens (including phenoxy) is 1. The number of nitrogens with zero attached hydrogens (tertiary/aromatic N) is 1. The van der Waals surface area contributed by atoms with Crippen molar-refractivity contribution in [3.05, 3.63) is 27.8 Å². The highest BCUT2D eigenvalue weighted by Crippen LogP contribution is 2.33. The van der Waals surface area contributed by atoms with Gasteiger partial charge in [0.05, 0.1) is 17.7 Å². The van der Waals surface area contributed by atoms with Gasteiger partial charge < -0.3 is 4.74 Å². The number of halogens is 1. The lowest BCUT2D eigenvalue weighted by molar-refractivity contribution is -0.124. The van der Waals surface area contributed by atoms with E-state index in [-0.39, 0.29) is 30.3 Å². The predicted molar refractivity (Wildman–Crippen MR) is 78.7 cm³/mol. The van der Waals surface area contributed by atoms with Crippen LogP contribution in [0.15, 0.2) is 24.3 Å². The summed E-state index contributed by atoms with van der Waals surface area (Å²) in [7, 11) is 0. The van der Waals surface area contributed by atoms with Gasteiger partial charge in [-0.25, -0.2) is 0 Å². The molecule has 2 amide bonds. The van der Waals surface area contributed by atoms with Crippen molar-refractivity contribution in [3.8, 4) is 0 Å². The number of rotatable bonds is 2. The highest BCUT2D eigenvalue weighted by atomic mass is 127. The fourth-order valence-electron chi connectivity index (χ4n) is 2.73. The Balaban J connectivity index is 1.84. The average Bonchev–Trinajstić information content (AvgIpc) is 3.00. The Morgan fingerprint density at radius 3 is 2.58 bits per heavy atom. The van der Waals surface area contributed by atoms with Gasteiger partial charge in [-0.1, -0.05) is 0 Å². The SMILES string of the molecule is O=C1C[C@H]([C@H]2CCCO2)C(=O)N1c1ccc(I)cc1. The lowest BCUT2D eigenvalue weighted by Crippen LogP contribution is -2.33. The van der Waals surface area contributed by atoms with E-state index >= 15 is 0 Å². The molecule has 0 bridgehead atoms. The molecule has 2 fully saturated rings. The maximum Gasteiger partial charge on any atom is 0.240 e. The lowest BCUT2D eigenvalue weighted by atomic mass is 9.98. The summed E-state index contributed by atoms with van der Waals surface area (Å²) in [4.78, 5) is 25.8. The summed E-state index contributed by atoms with van der Waals surface area (Å²) in [6.07, 6.45) is 2.05. The number of amides is 2. The smallest absolute Gasteiger partial charge is 0.240 e. The molecule has 0 radical (unpaired) electrons. The van der Waals surface area contributed by atoms with Gasteiger partial charge in [0.15, 0.2) is 0 Å². The molecule has 1 aromatic rings. The molecule has 0 N–H and O–H groups in total. The fourth-order valence-corrected chi connectivity index (χ4v) is 3.09. The van der Waals surface area contributed by atoms with Crippen LogP contribution in [0.5, 0.6) is 0 Å². The topological polar surface area (TPSA) is 46.6 Å². The van der Waals surface area contributed by atoms with Gasteiger partial charge in [-0.2, -0.15) is 0 Å². The van der Waals surface area contributed by atoms with Crippen LogP contribution >= 0.6 is 22.6 Å². The maximum atomic E-state index is 12.4. The molecule has 4 nitrogen and oxygen atoms in total. The van der Waals surface area contributed by atoms with E-state index in [1.165, 1.54) is 4.90 Å². The van der Waals surface area contributed by atoms with Crippen LogP contribution in [0.3, 0.4) is 0 Å². The predicted octanol–water partition coefficient (Wildman–Crippen LogP) is 2.35. The zero-order chi connectivity index (χ0) is 13.4.